The normalized spacial score (nSPS) is 10.5. The van der Waals surface area contributed by atoms with Gasteiger partial charge in [0.25, 0.3) is 5.69 Å². The van der Waals surface area contributed by atoms with Crippen LogP contribution in [0.1, 0.15) is 0 Å². The van der Waals surface area contributed by atoms with Crippen LogP contribution in [0.3, 0.4) is 0 Å². The van der Waals surface area contributed by atoms with Gasteiger partial charge >= 0.3 is 11.9 Å². The number of nitro groups is 1. The molecule has 0 amide bonds. The first-order chi connectivity index (χ1) is 11.1. The smallest absolute Gasteiger partial charge is 0.382 e. The maximum absolute atomic E-state index is 11.9. The molecule has 0 unspecified atom stereocenters. The Kier molecular flexibility index (Phi) is 3.68. The molecule has 0 bridgehead atoms. The molecule has 7 heteroatoms. The van der Waals surface area contributed by atoms with E-state index in [9.17, 15) is 15.2 Å². The second kappa shape index (κ2) is 5.80. The van der Waals surface area contributed by atoms with Gasteiger partial charge in [0.2, 0.25) is 5.76 Å². The van der Waals surface area contributed by atoms with Crippen LogP contribution in [-0.2, 0) is 0 Å². The summed E-state index contributed by atoms with van der Waals surface area (Å²) >= 11 is 0. The maximum Gasteiger partial charge on any atom is 0.382 e. The zero-order valence-electron chi connectivity index (χ0n) is 12.0. The summed E-state index contributed by atoms with van der Waals surface area (Å²) in [6.45, 7) is 0. The standard InChI is InChI=1S/C16H11NO6/c1-21-13-8-4-11(5-9-13)16-22-14(15(18)23-16)10-2-6-12(7-3-10)17(19)20/h2-9H,1H3. The van der Waals surface area contributed by atoms with Crippen molar-refractivity contribution >= 4 is 5.69 Å². The highest BCUT2D eigenvalue weighted by molar-refractivity contribution is 5.65. The lowest BCUT2D eigenvalue weighted by Crippen LogP contribution is -1.90. The van der Waals surface area contributed by atoms with E-state index < -0.39 is 10.9 Å². The number of ether oxygens (including phenoxy) is 1. The number of non-ortho nitro benzene ring substituents is 1. The third kappa shape index (κ3) is 2.84. The molecule has 23 heavy (non-hydrogen) atoms. The molecule has 116 valence electrons. The van der Waals surface area contributed by atoms with Crippen molar-refractivity contribution in [3.05, 3.63) is 58.6 Å². The highest BCUT2D eigenvalue weighted by Crippen LogP contribution is 2.36. The van der Waals surface area contributed by atoms with Crippen molar-refractivity contribution < 1.29 is 23.6 Å². The van der Waals surface area contributed by atoms with E-state index in [4.69, 9.17) is 13.6 Å². The average molecular weight is 313 g/mol. The molecule has 0 fully saturated rings. The third-order valence-corrected chi connectivity index (χ3v) is 3.23. The molecule has 1 heterocycles. The molecule has 3 rings (SSSR count). The van der Waals surface area contributed by atoms with Gasteiger partial charge in [-0.05, 0) is 36.4 Å². The fourth-order valence-electron chi connectivity index (χ4n) is 2.04. The Bertz CT molecular complexity index is 836. The Hall–Kier alpha value is -3.35. The first-order valence-corrected chi connectivity index (χ1v) is 6.61. The van der Waals surface area contributed by atoms with Crippen LogP contribution in [0.2, 0.25) is 0 Å². The van der Waals surface area contributed by atoms with E-state index in [0.29, 0.717) is 16.9 Å². The molecule has 7 nitrogen and oxygen atoms in total. The fourth-order valence-corrected chi connectivity index (χ4v) is 2.04. The Balaban J connectivity index is 1.95. The minimum absolute atomic E-state index is 0.00860. The highest BCUT2D eigenvalue weighted by atomic mass is 16.6. The van der Waals surface area contributed by atoms with Gasteiger partial charge in [0.15, 0.2) is 0 Å². The predicted octanol–water partition coefficient (Wildman–Crippen LogP) is 3.48. The van der Waals surface area contributed by atoms with Crippen LogP contribution in [0.15, 0.2) is 57.4 Å². The summed E-state index contributed by atoms with van der Waals surface area (Å²) in [6.07, 6.45) is 0. The summed E-state index contributed by atoms with van der Waals surface area (Å²) in [7, 11) is 1.55. The van der Waals surface area contributed by atoms with Crippen LogP contribution in [0.25, 0.3) is 22.8 Å². The molecule has 0 saturated heterocycles. The second-order valence-electron chi connectivity index (χ2n) is 4.64. The first kappa shape index (κ1) is 14.6. The van der Waals surface area contributed by atoms with Crippen molar-refractivity contribution in [1.82, 2.24) is 0 Å². The van der Waals surface area contributed by atoms with E-state index in [1.54, 1.807) is 31.4 Å². The topological polar surface area (TPSA) is 99.9 Å². The van der Waals surface area contributed by atoms with Gasteiger partial charge < -0.3 is 13.6 Å². The van der Waals surface area contributed by atoms with E-state index in [0.717, 1.165) is 0 Å². The molecule has 1 aromatic heterocycles. The number of nitro benzene ring substituents is 1. The van der Waals surface area contributed by atoms with Gasteiger partial charge in [0.05, 0.1) is 17.6 Å². The molecule has 0 radical (unpaired) electrons. The Labute approximate surface area is 130 Å². The molecular weight excluding hydrogens is 302 g/mol. The number of methoxy groups -OCH3 is 1. The van der Waals surface area contributed by atoms with Gasteiger partial charge in [-0.2, -0.15) is 0 Å². The Morgan fingerprint density at radius 2 is 1.65 bits per heavy atom. The lowest BCUT2D eigenvalue weighted by atomic mass is 10.2. The van der Waals surface area contributed by atoms with E-state index in [2.05, 4.69) is 0 Å². The summed E-state index contributed by atoms with van der Waals surface area (Å²) in [5, 5.41) is 22.6. The van der Waals surface area contributed by atoms with Crippen molar-refractivity contribution in [2.24, 2.45) is 0 Å². The largest absolute Gasteiger partial charge is 0.497 e. The number of hydrogen-bond donors (Lipinski definition) is 0. The monoisotopic (exact) mass is 313 g/mol. The summed E-state index contributed by atoms with van der Waals surface area (Å²) in [6, 6.07) is 12.3. The fraction of sp³-hybridized carbons (Fsp3) is 0.0625. The van der Waals surface area contributed by atoms with Crippen LogP contribution in [0.5, 0.6) is 11.7 Å². The zero-order valence-corrected chi connectivity index (χ0v) is 12.0. The SMILES string of the molecule is COc1ccc(-c2oc(-c3ccc([N+](=O)[O-])cc3)c([O-])[o+]2)cc1. The molecule has 2 aromatic carbocycles. The molecular formula is C16H11NO6. The Morgan fingerprint density at radius 1 is 1.04 bits per heavy atom. The second-order valence-corrected chi connectivity index (χ2v) is 4.64. The van der Waals surface area contributed by atoms with Crippen molar-refractivity contribution in [2.45, 2.75) is 0 Å². The van der Waals surface area contributed by atoms with Crippen LogP contribution in [-0.4, -0.2) is 12.0 Å². The number of rotatable bonds is 4. The Morgan fingerprint density at radius 3 is 2.22 bits per heavy atom. The molecule has 0 spiro atoms. The van der Waals surface area contributed by atoms with E-state index in [-0.39, 0.29) is 17.4 Å². The average Bonchev–Trinajstić information content (AvgIpc) is 2.97. The van der Waals surface area contributed by atoms with Gasteiger partial charge in [-0.3, -0.25) is 10.1 Å². The van der Waals surface area contributed by atoms with Crippen molar-refractivity contribution in [1.29, 1.82) is 0 Å². The third-order valence-electron chi connectivity index (χ3n) is 3.23. The summed E-state index contributed by atoms with van der Waals surface area (Å²) in [4.78, 5) is 10.1. The van der Waals surface area contributed by atoms with Gasteiger partial charge in [-0.15, -0.1) is 0 Å². The van der Waals surface area contributed by atoms with Crippen LogP contribution >= 0.6 is 0 Å². The minimum atomic E-state index is -0.648. The van der Waals surface area contributed by atoms with Crippen molar-refractivity contribution in [2.75, 3.05) is 7.11 Å². The molecule has 0 aliphatic carbocycles. The van der Waals surface area contributed by atoms with Gasteiger partial charge in [-0.25, -0.2) is 5.11 Å². The number of hydrogen-bond acceptors (Lipinski definition) is 5. The van der Waals surface area contributed by atoms with Gasteiger partial charge in [0.1, 0.15) is 5.75 Å². The van der Waals surface area contributed by atoms with E-state index in [1.165, 1.54) is 24.3 Å². The lowest BCUT2D eigenvalue weighted by Gasteiger charge is -1.99. The molecule has 0 aliphatic rings. The van der Waals surface area contributed by atoms with Crippen LogP contribution in [0, 0.1) is 10.1 Å². The highest BCUT2D eigenvalue weighted by Gasteiger charge is 2.19. The number of benzene rings is 2. The first-order valence-electron chi connectivity index (χ1n) is 6.61. The van der Waals surface area contributed by atoms with Crippen molar-refractivity contribution in [3.8, 4) is 34.5 Å². The molecule has 0 N–H and O–H groups in total. The van der Waals surface area contributed by atoms with Gasteiger partial charge in [0, 0.05) is 17.7 Å². The predicted molar refractivity (Wildman–Crippen MR) is 78.9 cm³/mol. The van der Waals surface area contributed by atoms with Crippen molar-refractivity contribution in [3.63, 3.8) is 0 Å². The summed E-state index contributed by atoms with van der Waals surface area (Å²) in [5.74, 6) is 0.0691. The van der Waals surface area contributed by atoms with Crippen LogP contribution in [0.4, 0.5) is 5.69 Å². The minimum Gasteiger partial charge on any atom is -0.497 e. The number of nitrogens with zero attached hydrogens (tertiary/aromatic N) is 1. The molecule has 0 aliphatic heterocycles. The lowest BCUT2D eigenvalue weighted by molar-refractivity contribution is -0.384. The van der Waals surface area contributed by atoms with Crippen LogP contribution < -0.4 is 9.84 Å². The molecule has 0 saturated carbocycles. The summed E-state index contributed by atoms with van der Waals surface area (Å²) < 4.78 is 15.6. The molecule has 3 aromatic rings. The molecule has 0 atom stereocenters. The van der Waals surface area contributed by atoms with E-state index >= 15 is 0 Å². The quantitative estimate of drug-likeness (QED) is 0.415. The zero-order chi connectivity index (χ0) is 16.4. The maximum atomic E-state index is 11.9. The summed E-state index contributed by atoms with van der Waals surface area (Å²) in [5.41, 5.74) is 0.917. The van der Waals surface area contributed by atoms with Gasteiger partial charge in [-0.1, -0.05) is 0 Å². The van der Waals surface area contributed by atoms with E-state index in [1.807, 2.05) is 0 Å².